The van der Waals surface area contributed by atoms with Crippen molar-refractivity contribution in [3.8, 4) is 6.07 Å². The molecule has 2 amide bonds. The number of carbonyl (C=O) groups excluding carboxylic acids is 2. The van der Waals surface area contributed by atoms with Gasteiger partial charge < -0.3 is 9.80 Å². The highest BCUT2D eigenvalue weighted by Crippen LogP contribution is 2.38. The summed E-state index contributed by atoms with van der Waals surface area (Å²) in [4.78, 5) is 31.9. The number of likely N-dealkylation sites (tertiary alicyclic amines) is 3. The average molecular weight is 395 g/mol. The maximum absolute atomic E-state index is 13.1. The summed E-state index contributed by atoms with van der Waals surface area (Å²) >= 11 is 0. The van der Waals surface area contributed by atoms with Crippen LogP contribution in [0, 0.1) is 24.2 Å². The van der Waals surface area contributed by atoms with E-state index in [4.69, 9.17) is 0 Å². The van der Waals surface area contributed by atoms with Crippen molar-refractivity contribution in [3.63, 3.8) is 0 Å². The predicted octanol–water partition coefficient (Wildman–Crippen LogP) is 2.49. The van der Waals surface area contributed by atoms with Crippen molar-refractivity contribution in [2.75, 3.05) is 19.6 Å². The van der Waals surface area contributed by atoms with Crippen LogP contribution in [0.3, 0.4) is 0 Å². The SMILES string of the molecule is Cc1ccc([C@H](C)N2C(=O)[C@H]3CC2CN3C[C@H](C)C(=O)N2CCC[C@H]2C#N)cc1. The van der Waals surface area contributed by atoms with Crippen LogP contribution in [-0.4, -0.2) is 64.3 Å². The number of piperazine rings is 1. The van der Waals surface area contributed by atoms with Crippen LogP contribution in [0.1, 0.15) is 50.3 Å². The molecule has 0 spiro atoms. The molecule has 4 rings (SSSR count). The standard InChI is InChI=1S/C23H30N4O2/c1-15-6-8-18(9-7-15)17(3)27-20-11-21(23(27)29)25(14-20)13-16(2)22(28)26-10-4-5-19(26)12-24/h6-9,16-17,19-21H,4-5,10-11,13-14H2,1-3H3/t16-,17-,19-,20?,21+/m0/s1. The summed E-state index contributed by atoms with van der Waals surface area (Å²) in [6.07, 6.45) is 2.52. The van der Waals surface area contributed by atoms with Crippen molar-refractivity contribution >= 4 is 11.8 Å². The van der Waals surface area contributed by atoms with Gasteiger partial charge in [0.05, 0.1) is 18.2 Å². The third-order valence-corrected chi connectivity index (χ3v) is 6.91. The lowest BCUT2D eigenvalue weighted by atomic mass is 10.0. The number of aryl methyl sites for hydroxylation is 1. The Kier molecular flexibility index (Phi) is 5.35. The molecule has 0 radical (unpaired) electrons. The van der Waals surface area contributed by atoms with E-state index in [1.165, 1.54) is 11.1 Å². The van der Waals surface area contributed by atoms with Gasteiger partial charge in [0.1, 0.15) is 6.04 Å². The summed E-state index contributed by atoms with van der Waals surface area (Å²) in [5, 5.41) is 9.26. The molecule has 0 saturated carbocycles. The quantitative estimate of drug-likeness (QED) is 0.770. The van der Waals surface area contributed by atoms with Crippen LogP contribution in [0.15, 0.2) is 24.3 Å². The molecule has 6 heteroatoms. The molecule has 1 unspecified atom stereocenters. The first kappa shape index (κ1) is 19.9. The molecule has 154 valence electrons. The molecule has 3 aliphatic rings. The lowest BCUT2D eigenvalue weighted by molar-refractivity contribution is -0.142. The fourth-order valence-electron chi connectivity index (χ4n) is 5.28. The van der Waals surface area contributed by atoms with Gasteiger partial charge in [-0.2, -0.15) is 5.26 Å². The third kappa shape index (κ3) is 3.53. The molecule has 0 aromatic heterocycles. The zero-order chi connectivity index (χ0) is 20.7. The minimum absolute atomic E-state index is 0.0501. The lowest BCUT2D eigenvalue weighted by Gasteiger charge is -2.38. The van der Waals surface area contributed by atoms with Crippen molar-refractivity contribution in [1.29, 1.82) is 5.26 Å². The third-order valence-electron chi connectivity index (χ3n) is 6.91. The highest BCUT2D eigenvalue weighted by atomic mass is 16.2. The van der Waals surface area contributed by atoms with Crippen molar-refractivity contribution in [1.82, 2.24) is 14.7 Å². The van der Waals surface area contributed by atoms with E-state index in [1.807, 2.05) is 11.8 Å². The molecule has 1 aromatic rings. The fourth-order valence-corrected chi connectivity index (χ4v) is 5.28. The Morgan fingerprint density at radius 1 is 1.28 bits per heavy atom. The first-order chi connectivity index (χ1) is 13.9. The normalized spacial score (nSPS) is 28.6. The van der Waals surface area contributed by atoms with Crippen LogP contribution in [0.25, 0.3) is 0 Å². The Labute approximate surface area is 173 Å². The zero-order valence-corrected chi connectivity index (χ0v) is 17.5. The molecule has 29 heavy (non-hydrogen) atoms. The Morgan fingerprint density at radius 2 is 2.00 bits per heavy atom. The number of nitriles is 1. The van der Waals surface area contributed by atoms with Crippen LogP contribution >= 0.6 is 0 Å². The van der Waals surface area contributed by atoms with Gasteiger partial charge in [-0.25, -0.2) is 0 Å². The van der Waals surface area contributed by atoms with Gasteiger partial charge in [0.2, 0.25) is 11.8 Å². The van der Waals surface area contributed by atoms with E-state index < -0.39 is 0 Å². The van der Waals surface area contributed by atoms with Crippen LogP contribution in [-0.2, 0) is 9.59 Å². The molecule has 0 N–H and O–H groups in total. The monoisotopic (exact) mass is 394 g/mol. The van der Waals surface area contributed by atoms with E-state index in [0.29, 0.717) is 13.1 Å². The molecule has 3 heterocycles. The predicted molar refractivity (Wildman–Crippen MR) is 110 cm³/mol. The molecular formula is C23H30N4O2. The first-order valence-corrected chi connectivity index (χ1v) is 10.7. The molecule has 6 nitrogen and oxygen atoms in total. The Morgan fingerprint density at radius 3 is 2.66 bits per heavy atom. The Bertz CT molecular complexity index is 830. The lowest BCUT2D eigenvalue weighted by Crippen LogP contribution is -2.53. The summed E-state index contributed by atoms with van der Waals surface area (Å²) in [6, 6.07) is 10.5. The average Bonchev–Trinajstić information content (AvgIpc) is 3.41. The highest BCUT2D eigenvalue weighted by molar-refractivity contribution is 5.86. The van der Waals surface area contributed by atoms with Gasteiger partial charge in [0.25, 0.3) is 0 Å². The van der Waals surface area contributed by atoms with Crippen LogP contribution in [0.4, 0.5) is 0 Å². The number of rotatable bonds is 5. The first-order valence-electron chi connectivity index (χ1n) is 10.7. The second-order valence-electron chi connectivity index (χ2n) is 8.91. The summed E-state index contributed by atoms with van der Waals surface area (Å²) < 4.78 is 0. The van der Waals surface area contributed by atoms with E-state index in [0.717, 1.165) is 25.8 Å². The number of hydrogen-bond acceptors (Lipinski definition) is 4. The maximum Gasteiger partial charge on any atom is 0.240 e. The van der Waals surface area contributed by atoms with Gasteiger partial charge in [-0.3, -0.25) is 14.5 Å². The Balaban J connectivity index is 1.39. The van der Waals surface area contributed by atoms with Crippen LogP contribution in [0.2, 0.25) is 0 Å². The second-order valence-corrected chi connectivity index (χ2v) is 8.91. The van der Waals surface area contributed by atoms with E-state index >= 15 is 0 Å². The minimum Gasteiger partial charge on any atom is -0.330 e. The van der Waals surface area contributed by atoms with Crippen molar-refractivity contribution in [3.05, 3.63) is 35.4 Å². The molecule has 3 saturated heterocycles. The van der Waals surface area contributed by atoms with Gasteiger partial charge >= 0.3 is 0 Å². The van der Waals surface area contributed by atoms with Gasteiger partial charge in [-0.1, -0.05) is 36.8 Å². The van der Waals surface area contributed by atoms with Crippen molar-refractivity contribution in [2.45, 2.75) is 64.2 Å². The molecule has 3 fully saturated rings. The molecular weight excluding hydrogens is 364 g/mol. The summed E-state index contributed by atoms with van der Waals surface area (Å²) in [5.41, 5.74) is 2.39. The smallest absolute Gasteiger partial charge is 0.240 e. The fraction of sp³-hybridized carbons (Fsp3) is 0.609. The van der Waals surface area contributed by atoms with Gasteiger partial charge in [-0.05, 0) is 38.7 Å². The largest absolute Gasteiger partial charge is 0.330 e. The van der Waals surface area contributed by atoms with Crippen LogP contribution in [0.5, 0.6) is 0 Å². The molecule has 2 bridgehead atoms. The van der Waals surface area contributed by atoms with Gasteiger partial charge in [0.15, 0.2) is 0 Å². The van der Waals surface area contributed by atoms with Gasteiger partial charge in [-0.15, -0.1) is 0 Å². The number of fused-ring (bicyclic) bond motifs is 2. The zero-order valence-electron chi connectivity index (χ0n) is 17.5. The number of benzene rings is 1. The molecule has 5 atom stereocenters. The van der Waals surface area contributed by atoms with E-state index in [-0.39, 0.29) is 41.9 Å². The van der Waals surface area contributed by atoms with E-state index in [9.17, 15) is 14.9 Å². The van der Waals surface area contributed by atoms with Gasteiger partial charge in [0, 0.05) is 31.6 Å². The number of hydrogen-bond donors (Lipinski definition) is 0. The number of nitrogens with zero attached hydrogens (tertiary/aromatic N) is 4. The number of amides is 2. The minimum atomic E-state index is -0.285. The maximum atomic E-state index is 13.1. The summed E-state index contributed by atoms with van der Waals surface area (Å²) in [5.74, 6) is 0.0401. The van der Waals surface area contributed by atoms with Crippen molar-refractivity contribution < 1.29 is 9.59 Å². The van der Waals surface area contributed by atoms with Crippen LogP contribution < -0.4 is 0 Å². The summed E-state index contributed by atoms with van der Waals surface area (Å²) in [6.45, 7) is 8.19. The molecule has 0 aliphatic carbocycles. The second kappa shape index (κ2) is 7.79. The van der Waals surface area contributed by atoms with E-state index in [2.05, 4.69) is 49.1 Å². The Hall–Kier alpha value is -2.39. The summed E-state index contributed by atoms with van der Waals surface area (Å²) in [7, 11) is 0. The molecule has 1 aromatic carbocycles. The highest BCUT2D eigenvalue weighted by Gasteiger charge is 2.51. The van der Waals surface area contributed by atoms with E-state index in [1.54, 1.807) is 4.90 Å². The van der Waals surface area contributed by atoms with Crippen molar-refractivity contribution in [2.24, 2.45) is 5.92 Å². The number of carbonyl (C=O) groups is 2. The topological polar surface area (TPSA) is 67.7 Å². The molecule has 3 aliphatic heterocycles.